The molecule has 0 spiro atoms. The Morgan fingerprint density at radius 1 is 1.23 bits per heavy atom. The number of aryl methyl sites for hydroxylation is 2. The Labute approximate surface area is 137 Å². The monoisotopic (exact) mass is 322 g/mol. The van der Waals surface area contributed by atoms with E-state index in [4.69, 9.17) is 11.6 Å². The topological polar surface area (TPSA) is 49.4 Å². The van der Waals surface area contributed by atoms with Crippen LogP contribution in [-0.2, 0) is 22.4 Å². The lowest BCUT2D eigenvalue weighted by Gasteiger charge is -2.27. The zero-order valence-electron chi connectivity index (χ0n) is 13.4. The average Bonchev–Trinajstić information content (AvgIpc) is 2.53. The van der Waals surface area contributed by atoms with E-state index in [0.717, 1.165) is 29.7 Å². The van der Waals surface area contributed by atoms with Crippen LogP contribution in [0.4, 0.5) is 5.69 Å². The van der Waals surface area contributed by atoms with Gasteiger partial charge < -0.3 is 5.32 Å². The smallest absolute Gasteiger partial charge is 0.247 e. The van der Waals surface area contributed by atoms with Crippen molar-refractivity contribution in [2.24, 2.45) is 0 Å². The lowest BCUT2D eigenvalue weighted by molar-refractivity contribution is -0.118. The van der Waals surface area contributed by atoms with Gasteiger partial charge >= 0.3 is 0 Å². The number of carbonyl (C=O) groups is 2. The number of benzene rings is 1. The largest absolute Gasteiger partial charge is 0.334 e. The molecule has 0 atom stereocenters. The van der Waals surface area contributed by atoms with Gasteiger partial charge in [-0.2, -0.15) is 0 Å². The molecular formula is C17H23ClN2O2. The molecule has 1 aromatic carbocycles. The maximum absolute atomic E-state index is 12.3. The molecule has 22 heavy (non-hydrogen) atoms. The molecule has 0 aliphatic rings. The fourth-order valence-electron chi connectivity index (χ4n) is 2.23. The van der Waals surface area contributed by atoms with E-state index in [1.807, 2.05) is 32.0 Å². The van der Waals surface area contributed by atoms with Gasteiger partial charge in [-0.15, -0.1) is 11.6 Å². The van der Waals surface area contributed by atoms with E-state index in [2.05, 4.69) is 11.9 Å². The number of nitrogens with one attached hydrogen (secondary N) is 1. The maximum atomic E-state index is 12.3. The van der Waals surface area contributed by atoms with Crippen LogP contribution in [0.2, 0.25) is 0 Å². The second kappa shape index (κ2) is 8.59. The second-order valence-corrected chi connectivity index (χ2v) is 5.30. The third-order valence-electron chi connectivity index (χ3n) is 3.44. The fourth-order valence-corrected chi connectivity index (χ4v) is 2.37. The highest BCUT2D eigenvalue weighted by molar-refractivity contribution is 6.29. The number of hydrogen-bond acceptors (Lipinski definition) is 2. The third kappa shape index (κ3) is 4.34. The SMILES string of the molecule is C=C(C)C(=O)NCN(C(=O)CCl)c1c(CC)cccc1CC. The van der Waals surface area contributed by atoms with Crippen molar-refractivity contribution < 1.29 is 9.59 Å². The molecule has 0 aliphatic heterocycles. The minimum Gasteiger partial charge on any atom is -0.334 e. The Kier molecular flexibility index (Phi) is 7.12. The third-order valence-corrected chi connectivity index (χ3v) is 3.66. The highest BCUT2D eigenvalue weighted by Crippen LogP contribution is 2.27. The molecule has 0 saturated carbocycles. The number of para-hydroxylation sites is 1. The van der Waals surface area contributed by atoms with Crippen molar-refractivity contribution in [1.29, 1.82) is 0 Å². The predicted molar refractivity (Wildman–Crippen MR) is 91.2 cm³/mol. The number of anilines is 1. The van der Waals surface area contributed by atoms with E-state index < -0.39 is 0 Å². The Morgan fingerprint density at radius 3 is 2.18 bits per heavy atom. The van der Waals surface area contributed by atoms with Gasteiger partial charge in [0.25, 0.3) is 0 Å². The fraction of sp³-hybridized carbons (Fsp3) is 0.412. The van der Waals surface area contributed by atoms with Crippen molar-refractivity contribution in [3.8, 4) is 0 Å². The molecule has 120 valence electrons. The average molecular weight is 323 g/mol. The molecule has 0 heterocycles. The van der Waals surface area contributed by atoms with Gasteiger partial charge in [0.2, 0.25) is 11.8 Å². The first kappa shape index (κ1) is 18.2. The van der Waals surface area contributed by atoms with E-state index in [-0.39, 0.29) is 24.4 Å². The first-order valence-electron chi connectivity index (χ1n) is 7.36. The minimum atomic E-state index is -0.278. The summed E-state index contributed by atoms with van der Waals surface area (Å²) in [4.78, 5) is 25.5. The maximum Gasteiger partial charge on any atom is 0.247 e. The lowest BCUT2D eigenvalue weighted by Crippen LogP contribution is -2.43. The van der Waals surface area contributed by atoms with Gasteiger partial charge in [0, 0.05) is 5.57 Å². The molecule has 1 aromatic rings. The van der Waals surface area contributed by atoms with E-state index in [1.165, 1.54) is 0 Å². The number of nitrogens with zero attached hydrogens (tertiary/aromatic N) is 1. The molecule has 5 heteroatoms. The molecule has 0 saturated heterocycles. The zero-order valence-corrected chi connectivity index (χ0v) is 14.2. The highest BCUT2D eigenvalue weighted by Gasteiger charge is 2.20. The summed E-state index contributed by atoms with van der Waals surface area (Å²) in [5.41, 5.74) is 3.36. The van der Waals surface area contributed by atoms with Crippen LogP contribution in [0, 0.1) is 0 Å². The molecule has 0 aliphatic carbocycles. The van der Waals surface area contributed by atoms with Crippen molar-refractivity contribution in [2.75, 3.05) is 17.4 Å². The summed E-state index contributed by atoms with van der Waals surface area (Å²) >= 11 is 5.74. The van der Waals surface area contributed by atoms with E-state index in [1.54, 1.807) is 11.8 Å². The molecule has 1 rings (SSSR count). The molecule has 1 N–H and O–H groups in total. The molecule has 0 fully saturated rings. The number of hydrogen-bond donors (Lipinski definition) is 1. The zero-order chi connectivity index (χ0) is 16.7. The number of carbonyl (C=O) groups excluding carboxylic acids is 2. The van der Waals surface area contributed by atoms with Crippen LogP contribution < -0.4 is 10.2 Å². The summed E-state index contributed by atoms with van der Waals surface area (Å²) in [5.74, 6) is -0.650. The van der Waals surface area contributed by atoms with Crippen molar-refractivity contribution in [3.05, 3.63) is 41.5 Å². The van der Waals surface area contributed by atoms with Gasteiger partial charge in [0.05, 0.1) is 12.4 Å². The molecule has 2 amide bonds. The van der Waals surface area contributed by atoms with Crippen molar-refractivity contribution in [3.63, 3.8) is 0 Å². The van der Waals surface area contributed by atoms with Gasteiger partial charge in [-0.25, -0.2) is 0 Å². The highest BCUT2D eigenvalue weighted by atomic mass is 35.5. The Balaban J connectivity index is 3.20. The number of halogens is 1. The van der Waals surface area contributed by atoms with Gasteiger partial charge in [-0.05, 0) is 30.9 Å². The van der Waals surface area contributed by atoms with Crippen molar-refractivity contribution >= 4 is 29.1 Å². The van der Waals surface area contributed by atoms with Gasteiger partial charge in [-0.3, -0.25) is 14.5 Å². The lowest BCUT2D eigenvalue weighted by atomic mass is 10.0. The number of amides is 2. The first-order valence-corrected chi connectivity index (χ1v) is 7.90. The first-order chi connectivity index (χ1) is 10.5. The summed E-state index contributed by atoms with van der Waals surface area (Å²) < 4.78 is 0. The van der Waals surface area contributed by atoms with Gasteiger partial charge in [0.1, 0.15) is 5.88 Å². The Bertz CT molecular complexity index is 548. The summed E-state index contributed by atoms with van der Waals surface area (Å²) in [5, 5.41) is 2.71. The van der Waals surface area contributed by atoms with Crippen LogP contribution in [0.15, 0.2) is 30.4 Å². The van der Waals surface area contributed by atoms with Crippen LogP contribution in [0.25, 0.3) is 0 Å². The van der Waals surface area contributed by atoms with Crippen LogP contribution in [0.5, 0.6) is 0 Å². The van der Waals surface area contributed by atoms with Crippen molar-refractivity contribution in [2.45, 2.75) is 33.6 Å². The van der Waals surface area contributed by atoms with E-state index in [0.29, 0.717) is 5.57 Å². The molecule has 0 unspecified atom stereocenters. The molecule has 0 aromatic heterocycles. The van der Waals surface area contributed by atoms with Crippen LogP contribution in [-0.4, -0.2) is 24.4 Å². The van der Waals surface area contributed by atoms with Crippen LogP contribution in [0.1, 0.15) is 31.9 Å². The molecular weight excluding hydrogens is 300 g/mol. The minimum absolute atomic E-state index is 0.0846. The summed E-state index contributed by atoms with van der Waals surface area (Å²) in [7, 11) is 0. The quantitative estimate of drug-likeness (QED) is 0.476. The number of alkyl halides is 1. The number of rotatable bonds is 7. The molecule has 0 radical (unpaired) electrons. The van der Waals surface area contributed by atoms with Gasteiger partial charge in [0.15, 0.2) is 0 Å². The Morgan fingerprint density at radius 2 is 1.77 bits per heavy atom. The molecule has 0 bridgehead atoms. The van der Waals surface area contributed by atoms with Gasteiger partial charge in [-0.1, -0.05) is 38.6 Å². The second-order valence-electron chi connectivity index (χ2n) is 5.03. The van der Waals surface area contributed by atoms with E-state index >= 15 is 0 Å². The summed E-state index contributed by atoms with van der Waals surface area (Å²) in [6.45, 7) is 9.38. The summed E-state index contributed by atoms with van der Waals surface area (Å²) in [6, 6.07) is 5.96. The Hall–Kier alpha value is -1.81. The van der Waals surface area contributed by atoms with Crippen LogP contribution >= 0.6 is 11.6 Å². The van der Waals surface area contributed by atoms with Crippen molar-refractivity contribution in [1.82, 2.24) is 5.32 Å². The standard InChI is InChI=1S/C17H23ClN2O2/c1-5-13-8-7-9-14(6-2)16(13)20(15(21)10-18)11-19-17(22)12(3)4/h7-9H,3,5-6,10-11H2,1-2,4H3,(H,19,22). The van der Waals surface area contributed by atoms with Crippen LogP contribution in [0.3, 0.4) is 0 Å². The predicted octanol–water partition coefficient (Wildman–Crippen LogP) is 3.03. The van der Waals surface area contributed by atoms with E-state index in [9.17, 15) is 9.59 Å². The summed E-state index contributed by atoms with van der Waals surface area (Å²) in [6.07, 6.45) is 1.59. The molecule has 4 nitrogen and oxygen atoms in total. The normalized spacial score (nSPS) is 10.2.